The van der Waals surface area contributed by atoms with E-state index in [1.165, 1.54) is 17.4 Å². The van der Waals surface area contributed by atoms with Crippen molar-refractivity contribution >= 4 is 28.4 Å². The number of thiazole rings is 1. The second-order valence-electron chi connectivity index (χ2n) is 3.36. The standard InChI is InChI=1S/C10H10N4O2S/c11-9-3-7(1-2-10(9)14(15)16)12-4-8-5-17-6-13-8/h1-3,5-6,12H,4,11H2. The Labute approximate surface area is 101 Å². The van der Waals surface area contributed by atoms with Crippen LogP contribution in [0.15, 0.2) is 29.1 Å². The number of anilines is 2. The minimum atomic E-state index is -0.500. The summed E-state index contributed by atoms with van der Waals surface area (Å²) in [4.78, 5) is 14.2. The molecule has 1 aromatic heterocycles. The van der Waals surface area contributed by atoms with Crippen LogP contribution in [0.1, 0.15) is 5.69 Å². The van der Waals surface area contributed by atoms with Crippen molar-refractivity contribution in [3.63, 3.8) is 0 Å². The molecular weight excluding hydrogens is 240 g/mol. The molecule has 0 aliphatic heterocycles. The van der Waals surface area contributed by atoms with Crippen LogP contribution in [0.25, 0.3) is 0 Å². The van der Waals surface area contributed by atoms with E-state index in [4.69, 9.17) is 5.73 Å². The Morgan fingerprint density at radius 3 is 2.94 bits per heavy atom. The smallest absolute Gasteiger partial charge is 0.292 e. The third-order valence-electron chi connectivity index (χ3n) is 2.18. The highest BCUT2D eigenvalue weighted by Gasteiger charge is 2.10. The number of nitrogen functional groups attached to an aromatic ring is 1. The zero-order valence-electron chi connectivity index (χ0n) is 8.79. The van der Waals surface area contributed by atoms with Crippen LogP contribution in [0.3, 0.4) is 0 Å². The Hall–Kier alpha value is -2.15. The quantitative estimate of drug-likeness (QED) is 0.493. The fraction of sp³-hybridized carbons (Fsp3) is 0.100. The van der Waals surface area contributed by atoms with Crippen LogP contribution >= 0.6 is 11.3 Å². The molecule has 3 N–H and O–H groups in total. The molecule has 17 heavy (non-hydrogen) atoms. The Morgan fingerprint density at radius 2 is 2.35 bits per heavy atom. The number of aromatic nitrogens is 1. The van der Waals surface area contributed by atoms with Crippen LogP contribution in [0.4, 0.5) is 17.1 Å². The van der Waals surface area contributed by atoms with Gasteiger partial charge in [0.15, 0.2) is 0 Å². The minimum Gasteiger partial charge on any atom is -0.393 e. The van der Waals surface area contributed by atoms with E-state index >= 15 is 0 Å². The van der Waals surface area contributed by atoms with Crippen molar-refractivity contribution in [3.05, 3.63) is 44.9 Å². The molecule has 0 atom stereocenters. The van der Waals surface area contributed by atoms with Crippen LogP contribution in [0.5, 0.6) is 0 Å². The first-order chi connectivity index (χ1) is 8.16. The van der Waals surface area contributed by atoms with Gasteiger partial charge in [-0.15, -0.1) is 11.3 Å². The molecule has 88 valence electrons. The zero-order valence-corrected chi connectivity index (χ0v) is 9.61. The van der Waals surface area contributed by atoms with Crippen molar-refractivity contribution in [2.24, 2.45) is 0 Å². The number of nitrogens with zero attached hydrogens (tertiary/aromatic N) is 2. The molecular formula is C10H10N4O2S. The SMILES string of the molecule is Nc1cc(NCc2cscn2)ccc1[N+](=O)[O-]. The van der Waals surface area contributed by atoms with Gasteiger partial charge in [0, 0.05) is 17.1 Å². The van der Waals surface area contributed by atoms with Crippen molar-refractivity contribution in [1.82, 2.24) is 4.98 Å². The third-order valence-corrected chi connectivity index (χ3v) is 2.82. The Kier molecular flexibility index (Phi) is 3.20. The lowest BCUT2D eigenvalue weighted by atomic mass is 10.2. The second-order valence-corrected chi connectivity index (χ2v) is 4.08. The summed E-state index contributed by atoms with van der Waals surface area (Å²) in [5.41, 5.74) is 9.06. The first-order valence-electron chi connectivity index (χ1n) is 4.81. The molecule has 0 unspecified atom stereocenters. The van der Waals surface area contributed by atoms with Gasteiger partial charge in [0.1, 0.15) is 5.69 Å². The third kappa shape index (κ3) is 2.70. The first kappa shape index (κ1) is 11.3. The molecule has 0 bridgehead atoms. The lowest BCUT2D eigenvalue weighted by Crippen LogP contribution is -2.01. The second kappa shape index (κ2) is 4.79. The Bertz CT molecular complexity index is 527. The number of nitrogens with one attached hydrogen (secondary N) is 1. The first-order valence-corrected chi connectivity index (χ1v) is 5.76. The van der Waals surface area contributed by atoms with E-state index in [1.54, 1.807) is 17.6 Å². The number of hydrogen-bond acceptors (Lipinski definition) is 6. The summed E-state index contributed by atoms with van der Waals surface area (Å²) in [5.74, 6) is 0. The molecule has 0 saturated carbocycles. The summed E-state index contributed by atoms with van der Waals surface area (Å²) < 4.78 is 0. The molecule has 0 aliphatic rings. The molecule has 7 heteroatoms. The summed E-state index contributed by atoms with van der Waals surface area (Å²) in [7, 11) is 0. The fourth-order valence-corrected chi connectivity index (χ4v) is 1.91. The van der Waals surface area contributed by atoms with Gasteiger partial charge in [-0.2, -0.15) is 0 Å². The van der Waals surface area contributed by atoms with Gasteiger partial charge < -0.3 is 11.1 Å². The van der Waals surface area contributed by atoms with Crippen LogP contribution < -0.4 is 11.1 Å². The van der Waals surface area contributed by atoms with E-state index in [9.17, 15) is 10.1 Å². The molecule has 0 amide bonds. The van der Waals surface area contributed by atoms with E-state index in [0.29, 0.717) is 6.54 Å². The molecule has 1 heterocycles. The van der Waals surface area contributed by atoms with Crippen molar-refractivity contribution in [2.45, 2.75) is 6.54 Å². The van der Waals surface area contributed by atoms with Crippen LogP contribution in [0, 0.1) is 10.1 Å². The van der Waals surface area contributed by atoms with Gasteiger partial charge >= 0.3 is 0 Å². The number of nitro benzene ring substituents is 1. The van der Waals surface area contributed by atoms with Crippen molar-refractivity contribution in [2.75, 3.05) is 11.1 Å². The molecule has 2 aromatic rings. The van der Waals surface area contributed by atoms with E-state index in [1.807, 2.05) is 5.38 Å². The highest BCUT2D eigenvalue weighted by Crippen LogP contribution is 2.24. The summed E-state index contributed by atoms with van der Waals surface area (Å²) in [6.07, 6.45) is 0. The average molecular weight is 250 g/mol. The highest BCUT2D eigenvalue weighted by atomic mass is 32.1. The van der Waals surface area contributed by atoms with E-state index in [-0.39, 0.29) is 11.4 Å². The van der Waals surface area contributed by atoms with E-state index in [0.717, 1.165) is 11.4 Å². The molecule has 0 radical (unpaired) electrons. The predicted molar refractivity (Wildman–Crippen MR) is 66.9 cm³/mol. The molecule has 0 aliphatic carbocycles. The van der Waals surface area contributed by atoms with Gasteiger partial charge in [-0.25, -0.2) is 4.98 Å². The van der Waals surface area contributed by atoms with Crippen LogP contribution in [0.2, 0.25) is 0 Å². The lowest BCUT2D eigenvalue weighted by Gasteiger charge is -2.05. The molecule has 2 rings (SSSR count). The largest absolute Gasteiger partial charge is 0.393 e. The van der Waals surface area contributed by atoms with Crippen molar-refractivity contribution in [3.8, 4) is 0 Å². The van der Waals surface area contributed by atoms with Gasteiger partial charge in [-0.05, 0) is 12.1 Å². The predicted octanol–water partition coefficient (Wildman–Crippen LogP) is 2.25. The highest BCUT2D eigenvalue weighted by molar-refractivity contribution is 7.07. The van der Waals surface area contributed by atoms with Gasteiger partial charge in [0.25, 0.3) is 5.69 Å². The maximum Gasteiger partial charge on any atom is 0.292 e. The number of benzene rings is 1. The van der Waals surface area contributed by atoms with E-state index < -0.39 is 4.92 Å². The Balaban J connectivity index is 2.07. The number of nitro groups is 1. The molecule has 1 aromatic carbocycles. The zero-order chi connectivity index (χ0) is 12.3. The van der Waals surface area contributed by atoms with Gasteiger partial charge in [0.2, 0.25) is 0 Å². The monoisotopic (exact) mass is 250 g/mol. The normalized spacial score (nSPS) is 10.1. The van der Waals surface area contributed by atoms with Gasteiger partial charge in [-0.1, -0.05) is 0 Å². The minimum absolute atomic E-state index is 0.0794. The van der Waals surface area contributed by atoms with Crippen molar-refractivity contribution in [1.29, 1.82) is 0 Å². The Morgan fingerprint density at radius 1 is 1.53 bits per heavy atom. The number of rotatable bonds is 4. The average Bonchev–Trinajstić information content (AvgIpc) is 2.78. The van der Waals surface area contributed by atoms with Gasteiger partial charge in [-0.3, -0.25) is 10.1 Å². The fourth-order valence-electron chi connectivity index (χ4n) is 1.35. The summed E-state index contributed by atoms with van der Waals surface area (Å²) >= 11 is 1.52. The molecule has 0 fully saturated rings. The van der Waals surface area contributed by atoms with E-state index in [2.05, 4.69) is 10.3 Å². The summed E-state index contributed by atoms with van der Waals surface area (Å²) in [6.45, 7) is 0.570. The molecule has 6 nitrogen and oxygen atoms in total. The molecule has 0 saturated heterocycles. The molecule has 0 spiro atoms. The summed E-state index contributed by atoms with van der Waals surface area (Å²) in [5, 5.41) is 15.6. The van der Waals surface area contributed by atoms with Crippen LogP contribution in [-0.4, -0.2) is 9.91 Å². The van der Waals surface area contributed by atoms with Crippen LogP contribution in [-0.2, 0) is 6.54 Å². The maximum atomic E-state index is 10.6. The summed E-state index contributed by atoms with van der Waals surface area (Å²) in [6, 6.07) is 4.56. The maximum absolute atomic E-state index is 10.6. The topological polar surface area (TPSA) is 94.1 Å². The lowest BCUT2D eigenvalue weighted by molar-refractivity contribution is -0.383. The van der Waals surface area contributed by atoms with Crippen molar-refractivity contribution < 1.29 is 4.92 Å². The number of nitrogens with two attached hydrogens (primary N) is 1. The number of hydrogen-bond donors (Lipinski definition) is 2. The van der Waals surface area contributed by atoms with Gasteiger partial charge in [0.05, 0.1) is 22.7 Å².